The first kappa shape index (κ1) is 16.7. The van der Waals surface area contributed by atoms with Crippen LogP contribution in [0.15, 0.2) is 42.5 Å². The highest BCUT2D eigenvalue weighted by Gasteiger charge is 2.15. The molecule has 1 amide bonds. The van der Waals surface area contributed by atoms with E-state index in [0.29, 0.717) is 13.0 Å². The van der Waals surface area contributed by atoms with Crippen LogP contribution in [0.3, 0.4) is 0 Å². The summed E-state index contributed by atoms with van der Waals surface area (Å²) in [4.78, 5) is 12.3. The second kappa shape index (κ2) is 7.63. The summed E-state index contributed by atoms with van der Waals surface area (Å²) in [6, 6.07) is 15.0. The van der Waals surface area contributed by atoms with Crippen molar-refractivity contribution in [3.05, 3.63) is 70.3 Å². The molecule has 1 aliphatic rings. The molecule has 0 fully saturated rings. The maximum atomic E-state index is 12.3. The van der Waals surface area contributed by atoms with Crippen LogP contribution >= 0.6 is 0 Å². The number of amides is 1. The molecule has 0 saturated carbocycles. The van der Waals surface area contributed by atoms with Crippen LogP contribution in [0, 0.1) is 6.92 Å². The van der Waals surface area contributed by atoms with E-state index >= 15 is 0 Å². The van der Waals surface area contributed by atoms with E-state index in [1.165, 1.54) is 27.8 Å². The summed E-state index contributed by atoms with van der Waals surface area (Å²) in [5, 5.41) is 6.42. The molecular formula is C21H26N2O. The molecule has 0 bridgehead atoms. The molecule has 126 valence electrons. The predicted octanol–water partition coefficient (Wildman–Crippen LogP) is 3.80. The van der Waals surface area contributed by atoms with Crippen LogP contribution in [0.1, 0.15) is 53.5 Å². The van der Waals surface area contributed by atoms with E-state index in [4.69, 9.17) is 0 Å². The number of carbonyl (C=O) groups is 1. The van der Waals surface area contributed by atoms with Gasteiger partial charge in [-0.1, -0.05) is 55.0 Å². The van der Waals surface area contributed by atoms with E-state index in [1.54, 1.807) is 0 Å². The Morgan fingerprint density at radius 3 is 2.62 bits per heavy atom. The first-order valence-electron chi connectivity index (χ1n) is 8.80. The van der Waals surface area contributed by atoms with Gasteiger partial charge in [-0.25, -0.2) is 0 Å². The minimum Gasteiger partial charge on any atom is -0.352 e. The van der Waals surface area contributed by atoms with E-state index < -0.39 is 0 Å². The minimum atomic E-state index is 0.126. The normalized spacial score (nSPS) is 14.2. The Morgan fingerprint density at radius 2 is 1.88 bits per heavy atom. The number of fused-ring (bicyclic) bond motifs is 1. The summed E-state index contributed by atoms with van der Waals surface area (Å²) in [7, 11) is 0. The molecule has 24 heavy (non-hydrogen) atoms. The summed E-state index contributed by atoms with van der Waals surface area (Å²) < 4.78 is 0. The Labute approximate surface area is 144 Å². The number of nitrogens with one attached hydrogen (secondary N) is 2. The molecule has 1 unspecified atom stereocenters. The molecule has 0 aliphatic carbocycles. The van der Waals surface area contributed by atoms with Gasteiger partial charge in [0.05, 0.1) is 0 Å². The van der Waals surface area contributed by atoms with Crippen molar-refractivity contribution in [1.29, 1.82) is 0 Å². The Hall–Kier alpha value is -2.13. The fourth-order valence-corrected chi connectivity index (χ4v) is 3.29. The average molecular weight is 322 g/mol. The van der Waals surface area contributed by atoms with Crippen LogP contribution < -0.4 is 10.6 Å². The van der Waals surface area contributed by atoms with Crippen molar-refractivity contribution in [2.45, 2.75) is 52.2 Å². The number of hydrogen-bond acceptors (Lipinski definition) is 2. The van der Waals surface area contributed by atoms with Crippen LogP contribution in [-0.4, -0.2) is 5.91 Å². The fraction of sp³-hybridized carbons (Fsp3) is 0.381. The third-order valence-electron chi connectivity index (χ3n) is 4.86. The molecule has 3 rings (SSSR count). The van der Waals surface area contributed by atoms with Crippen LogP contribution in [0.4, 0.5) is 0 Å². The molecule has 2 N–H and O–H groups in total. The van der Waals surface area contributed by atoms with Crippen LogP contribution in [0.5, 0.6) is 0 Å². The first-order valence-corrected chi connectivity index (χ1v) is 8.80. The Balaban J connectivity index is 1.55. The zero-order chi connectivity index (χ0) is 16.9. The first-order chi connectivity index (χ1) is 11.7. The Morgan fingerprint density at radius 1 is 1.12 bits per heavy atom. The van der Waals surface area contributed by atoms with Gasteiger partial charge >= 0.3 is 0 Å². The van der Waals surface area contributed by atoms with Gasteiger partial charge in [0, 0.05) is 26.1 Å². The summed E-state index contributed by atoms with van der Waals surface area (Å²) in [6.07, 6.45) is 1.52. The van der Waals surface area contributed by atoms with Gasteiger partial charge in [-0.3, -0.25) is 4.79 Å². The third kappa shape index (κ3) is 4.04. The highest BCUT2D eigenvalue weighted by Crippen LogP contribution is 2.23. The lowest BCUT2D eigenvalue weighted by atomic mass is 9.92. The molecule has 1 heterocycles. The van der Waals surface area contributed by atoms with Crippen molar-refractivity contribution >= 4 is 5.91 Å². The SMILES string of the molecule is CCC(CC(=O)NCc1ccc2c(c1)CNC2)c1ccc(C)cc1. The topological polar surface area (TPSA) is 41.1 Å². The maximum absolute atomic E-state index is 12.3. The number of hydrogen-bond donors (Lipinski definition) is 2. The Kier molecular flexibility index (Phi) is 5.31. The monoisotopic (exact) mass is 322 g/mol. The van der Waals surface area contributed by atoms with Gasteiger partial charge < -0.3 is 10.6 Å². The average Bonchev–Trinajstić information content (AvgIpc) is 3.06. The number of benzene rings is 2. The van der Waals surface area contributed by atoms with Crippen LogP contribution in [0.25, 0.3) is 0 Å². The molecule has 3 heteroatoms. The highest BCUT2D eigenvalue weighted by molar-refractivity contribution is 5.76. The molecule has 1 atom stereocenters. The smallest absolute Gasteiger partial charge is 0.220 e. The van der Waals surface area contributed by atoms with Crippen molar-refractivity contribution in [2.75, 3.05) is 0 Å². The summed E-state index contributed by atoms with van der Waals surface area (Å²) in [5.74, 6) is 0.413. The highest BCUT2D eigenvalue weighted by atomic mass is 16.1. The van der Waals surface area contributed by atoms with Crippen molar-refractivity contribution in [2.24, 2.45) is 0 Å². The summed E-state index contributed by atoms with van der Waals surface area (Å²) in [5.41, 5.74) is 6.41. The molecule has 2 aromatic rings. The van der Waals surface area contributed by atoms with Gasteiger partial charge in [-0.15, -0.1) is 0 Å². The standard InChI is InChI=1S/C21H26N2O/c1-3-17(18-7-4-15(2)5-8-18)11-21(24)23-12-16-6-9-19-13-22-14-20(19)10-16/h4-10,17,22H,3,11-14H2,1-2H3,(H,23,24). The van der Waals surface area contributed by atoms with Gasteiger partial charge in [0.15, 0.2) is 0 Å². The van der Waals surface area contributed by atoms with Crippen molar-refractivity contribution in [1.82, 2.24) is 10.6 Å². The van der Waals surface area contributed by atoms with Crippen molar-refractivity contribution in [3.63, 3.8) is 0 Å². The van der Waals surface area contributed by atoms with Gasteiger partial charge in [0.1, 0.15) is 0 Å². The molecule has 0 spiro atoms. The fourth-order valence-electron chi connectivity index (χ4n) is 3.29. The van der Waals surface area contributed by atoms with Gasteiger partial charge in [-0.05, 0) is 41.5 Å². The second-order valence-corrected chi connectivity index (χ2v) is 6.70. The number of rotatable bonds is 6. The number of carbonyl (C=O) groups excluding carboxylic acids is 1. The maximum Gasteiger partial charge on any atom is 0.220 e. The summed E-state index contributed by atoms with van der Waals surface area (Å²) in [6.45, 7) is 6.73. The Bertz CT molecular complexity index is 706. The van der Waals surface area contributed by atoms with Gasteiger partial charge in [0.25, 0.3) is 0 Å². The molecule has 0 aromatic heterocycles. The zero-order valence-corrected chi connectivity index (χ0v) is 14.6. The second-order valence-electron chi connectivity index (χ2n) is 6.70. The van der Waals surface area contributed by atoms with E-state index in [-0.39, 0.29) is 11.8 Å². The largest absolute Gasteiger partial charge is 0.352 e. The molecule has 0 saturated heterocycles. The lowest BCUT2D eigenvalue weighted by Crippen LogP contribution is -2.24. The molecule has 1 aliphatic heterocycles. The van der Waals surface area contributed by atoms with Crippen LogP contribution in [0.2, 0.25) is 0 Å². The molecule has 2 aromatic carbocycles. The molecule has 0 radical (unpaired) electrons. The molecule has 3 nitrogen and oxygen atoms in total. The lowest BCUT2D eigenvalue weighted by Gasteiger charge is -2.15. The van der Waals surface area contributed by atoms with Gasteiger partial charge in [0.2, 0.25) is 5.91 Å². The lowest BCUT2D eigenvalue weighted by molar-refractivity contribution is -0.121. The van der Waals surface area contributed by atoms with E-state index in [9.17, 15) is 4.79 Å². The third-order valence-corrected chi connectivity index (χ3v) is 4.86. The van der Waals surface area contributed by atoms with Crippen LogP contribution in [-0.2, 0) is 24.4 Å². The minimum absolute atomic E-state index is 0.126. The van der Waals surface area contributed by atoms with Crippen molar-refractivity contribution < 1.29 is 4.79 Å². The van der Waals surface area contributed by atoms with E-state index in [1.807, 2.05) is 0 Å². The zero-order valence-electron chi connectivity index (χ0n) is 14.6. The quantitative estimate of drug-likeness (QED) is 0.849. The molecular weight excluding hydrogens is 296 g/mol. The summed E-state index contributed by atoms with van der Waals surface area (Å²) >= 11 is 0. The van der Waals surface area contributed by atoms with E-state index in [0.717, 1.165) is 19.5 Å². The van der Waals surface area contributed by atoms with Crippen molar-refractivity contribution in [3.8, 4) is 0 Å². The van der Waals surface area contributed by atoms with Gasteiger partial charge in [-0.2, -0.15) is 0 Å². The predicted molar refractivity (Wildman–Crippen MR) is 97.7 cm³/mol. The number of aryl methyl sites for hydroxylation is 1. The van der Waals surface area contributed by atoms with E-state index in [2.05, 4.69) is 66.9 Å².